The second-order valence-corrected chi connectivity index (χ2v) is 3.89. The molecule has 86 valence electrons. The third kappa shape index (κ3) is 1.86. The smallest absolute Gasteiger partial charge is 0.331 e. The van der Waals surface area contributed by atoms with Crippen LogP contribution in [0.5, 0.6) is 0 Å². The van der Waals surface area contributed by atoms with Gasteiger partial charge in [-0.3, -0.25) is 4.79 Å². The SMILES string of the molecule is C=CC(=O)OCNC(=O)C12C=CC(C1)OC2. The van der Waals surface area contributed by atoms with E-state index in [1.54, 1.807) is 0 Å². The first-order chi connectivity index (χ1) is 7.66. The fraction of sp³-hybridized carbons (Fsp3) is 0.455. The van der Waals surface area contributed by atoms with Crippen molar-refractivity contribution in [2.75, 3.05) is 13.3 Å². The van der Waals surface area contributed by atoms with Gasteiger partial charge in [-0.15, -0.1) is 0 Å². The van der Waals surface area contributed by atoms with E-state index in [4.69, 9.17) is 4.74 Å². The average Bonchev–Trinajstić information content (AvgIpc) is 2.89. The van der Waals surface area contributed by atoms with Crippen LogP contribution in [0, 0.1) is 5.41 Å². The molecule has 1 amide bonds. The number of hydrogen-bond donors (Lipinski definition) is 1. The van der Waals surface area contributed by atoms with E-state index in [0.29, 0.717) is 13.0 Å². The lowest BCUT2D eigenvalue weighted by Crippen LogP contribution is -2.41. The van der Waals surface area contributed by atoms with Gasteiger partial charge in [-0.1, -0.05) is 18.7 Å². The Hall–Kier alpha value is -1.62. The number of ether oxygens (including phenoxy) is 2. The van der Waals surface area contributed by atoms with Gasteiger partial charge in [0.05, 0.1) is 18.1 Å². The Labute approximate surface area is 93.1 Å². The van der Waals surface area contributed by atoms with Crippen LogP contribution in [-0.4, -0.2) is 31.3 Å². The van der Waals surface area contributed by atoms with Gasteiger partial charge in [0, 0.05) is 6.08 Å². The highest BCUT2D eigenvalue weighted by molar-refractivity contribution is 5.86. The molecule has 0 aromatic carbocycles. The zero-order valence-electron chi connectivity index (χ0n) is 8.77. The summed E-state index contributed by atoms with van der Waals surface area (Å²) in [6, 6.07) is 0. The molecule has 1 heterocycles. The van der Waals surface area contributed by atoms with Gasteiger partial charge in [0.1, 0.15) is 0 Å². The van der Waals surface area contributed by atoms with Crippen LogP contribution >= 0.6 is 0 Å². The summed E-state index contributed by atoms with van der Waals surface area (Å²) in [5.74, 6) is -0.721. The highest BCUT2D eigenvalue weighted by Crippen LogP contribution is 2.40. The molecule has 0 radical (unpaired) electrons. The van der Waals surface area contributed by atoms with Gasteiger partial charge in [-0.25, -0.2) is 4.79 Å². The van der Waals surface area contributed by atoms with Crippen molar-refractivity contribution >= 4 is 11.9 Å². The van der Waals surface area contributed by atoms with Gasteiger partial charge in [0.2, 0.25) is 5.91 Å². The minimum atomic E-state index is -0.564. The molecule has 1 aliphatic heterocycles. The standard InChI is InChI=1S/C11H13NO4/c1-2-9(13)16-7-12-10(14)11-4-3-8(5-11)15-6-11/h2-4,8H,1,5-7H2,(H,12,14). The maximum atomic E-state index is 11.8. The van der Waals surface area contributed by atoms with E-state index in [1.165, 1.54) is 0 Å². The molecule has 5 heteroatoms. The van der Waals surface area contributed by atoms with E-state index < -0.39 is 11.4 Å². The molecule has 2 rings (SSSR count). The molecule has 2 aliphatic rings. The Morgan fingerprint density at radius 3 is 3.00 bits per heavy atom. The second-order valence-electron chi connectivity index (χ2n) is 3.89. The summed E-state index contributed by atoms with van der Waals surface area (Å²) in [6.45, 7) is 3.52. The molecule has 1 aliphatic carbocycles. The van der Waals surface area contributed by atoms with Crippen LogP contribution in [0.3, 0.4) is 0 Å². The third-order valence-corrected chi connectivity index (χ3v) is 2.82. The number of fused-ring (bicyclic) bond motifs is 2. The molecule has 0 aromatic heterocycles. The molecule has 16 heavy (non-hydrogen) atoms. The lowest BCUT2D eigenvalue weighted by atomic mass is 9.89. The normalized spacial score (nSPS) is 30.1. The number of nitrogens with one attached hydrogen (secondary N) is 1. The minimum absolute atomic E-state index is 0.0569. The quantitative estimate of drug-likeness (QED) is 0.318. The molecule has 1 fully saturated rings. The molecule has 1 N–H and O–H groups in total. The molecule has 2 bridgehead atoms. The Kier molecular flexibility index (Phi) is 2.78. The molecular formula is C11H13NO4. The molecule has 0 saturated carbocycles. The number of rotatable bonds is 4. The van der Waals surface area contributed by atoms with Crippen molar-refractivity contribution in [1.29, 1.82) is 0 Å². The number of esters is 1. The number of carbonyl (C=O) groups is 2. The highest BCUT2D eigenvalue weighted by Gasteiger charge is 2.47. The highest BCUT2D eigenvalue weighted by atomic mass is 16.5. The van der Waals surface area contributed by atoms with Crippen LogP contribution in [0.15, 0.2) is 24.8 Å². The summed E-state index contributed by atoms with van der Waals surface area (Å²) in [6.07, 6.45) is 5.54. The molecule has 1 saturated heterocycles. The number of hydrogen-bond acceptors (Lipinski definition) is 4. The van der Waals surface area contributed by atoms with Crippen molar-refractivity contribution in [3.8, 4) is 0 Å². The average molecular weight is 223 g/mol. The van der Waals surface area contributed by atoms with Gasteiger partial charge in [0.15, 0.2) is 6.73 Å². The molecule has 0 aromatic rings. The first-order valence-electron chi connectivity index (χ1n) is 5.05. The van der Waals surface area contributed by atoms with Crippen molar-refractivity contribution < 1.29 is 19.1 Å². The fourth-order valence-electron chi connectivity index (χ4n) is 1.91. The van der Waals surface area contributed by atoms with Crippen LogP contribution in [0.1, 0.15) is 6.42 Å². The van der Waals surface area contributed by atoms with E-state index in [9.17, 15) is 9.59 Å². The van der Waals surface area contributed by atoms with Gasteiger partial charge >= 0.3 is 5.97 Å². The Morgan fingerprint density at radius 1 is 1.69 bits per heavy atom. The predicted molar refractivity (Wildman–Crippen MR) is 55.2 cm³/mol. The van der Waals surface area contributed by atoms with E-state index >= 15 is 0 Å². The zero-order valence-corrected chi connectivity index (χ0v) is 8.77. The molecule has 2 unspecified atom stereocenters. The van der Waals surface area contributed by atoms with E-state index in [-0.39, 0.29) is 18.7 Å². The van der Waals surface area contributed by atoms with Crippen molar-refractivity contribution in [3.05, 3.63) is 24.8 Å². The summed E-state index contributed by atoms with van der Waals surface area (Å²) in [4.78, 5) is 22.6. The predicted octanol–water partition coefficient (Wildman–Crippen LogP) is 0.134. The summed E-state index contributed by atoms with van der Waals surface area (Å²) >= 11 is 0. The van der Waals surface area contributed by atoms with Crippen molar-refractivity contribution in [3.63, 3.8) is 0 Å². The lowest BCUT2D eigenvalue weighted by molar-refractivity contribution is -0.141. The van der Waals surface area contributed by atoms with Gasteiger partial charge in [0.25, 0.3) is 0 Å². The maximum absolute atomic E-state index is 11.8. The second kappa shape index (κ2) is 4.09. The van der Waals surface area contributed by atoms with Crippen molar-refractivity contribution in [2.45, 2.75) is 12.5 Å². The number of carbonyl (C=O) groups excluding carboxylic acids is 2. The van der Waals surface area contributed by atoms with E-state index in [1.807, 2.05) is 12.2 Å². The van der Waals surface area contributed by atoms with Crippen LogP contribution < -0.4 is 5.32 Å². The lowest BCUT2D eigenvalue weighted by Gasteiger charge is -2.20. The van der Waals surface area contributed by atoms with Crippen LogP contribution in [0.25, 0.3) is 0 Å². The van der Waals surface area contributed by atoms with E-state index in [0.717, 1.165) is 6.08 Å². The first kappa shape index (κ1) is 10.9. The summed E-state index contributed by atoms with van der Waals surface area (Å²) in [5, 5.41) is 2.55. The molecular weight excluding hydrogens is 210 g/mol. The minimum Gasteiger partial charge on any atom is -0.441 e. The number of amides is 1. The molecule has 5 nitrogen and oxygen atoms in total. The maximum Gasteiger partial charge on any atom is 0.331 e. The Balaban J connectivity index is 1.82. The van der Waals surface area contributed by atoms with Crippen LogP contribution in [0.2, 0.25) is 0 Å². The van der Waals surface area contributed by atoms with Crippen LogP contribution in [0.4, 0.5) is 0 Å². The topological polar surface area (TPSA) is 64.6 Å². The molecule has 2 atom stereocenters. The van der Waals surface area contributed by atoms with Crippen LogP contribution in [-0.2, 0) is 19.1 Å². The van der Waals surface area contributed by atoms with Crippen molar-refractivity contribution in [2.24, 2.45) is 5.41 Å². The van der Waals surface area contributed by atoms with Gasteiger partial charge in [-0.2, -0.15) is 0 Å². The Morgan fingerprint density at radius 2 is 2.50 bits per heavy atom. The third-order valence-electron chi connectivity index (χ3n) is 2.82. The summed E-state index contributed by atoms with van der Waals surface area (Å²) < 4.78 is 10.0. The molecule has 0 spiro atoms. The van der Waals surface area contributed by atoms with Gasteiger partial charge < -0.3 is 14.8 Å². The fourth-order valence-corrected chi connectivity index (χ4v) is 1.91. The monoisotopic (exact) mass is 223 g/mol. The summed E-state index contributed by atoms with van der Waals surface area (Å²) in [7, 11) is 0. The summed E-state index contributed by atoms with van der Waals surface area (Å²) in [5.41, 5.74) is -0.564. The zero-order chi connectivity index (χ0) is 11.6. The van der Waals surface area contributed by atoms with E-state index in [2.05, 4.69) is 16.6 Å². The Bertz CT molecular complexity index is 363. The van der Waals surface area contributed by atoms with Crippen molar-refractivity contribution in [1.82, 2.24) is 5.32 Å². The van der Waals surface area contributed by atoms with Gasteiger partial charge in [-0.05, 0) is 6.42 Å². The largest absolute Gasteiger partial charge is 0.441 e. The first-order valence-corrected chi connectivity index (χ1v) is 5.05.